The first-order valence-electron chi connectivity index (χ1n) is 18.3. The largest absolute Gasteiger partial charge is 0.343 e. The smallest absolute Gasteiger partial charge is 0.262 e. The van der Waals surface area contributed by atoms with E-state index in [1.54, 1.807) is 24.5 Å². The quantitative estimate of drug-likeness (QED) is 0.251. The van der Waals surface area contributed by atoms with Crippen molar-refractivity contribution in [3.63, 3.8) is 0 Å². The van der Waals surface area contributed by atoms with Gasteiger partial charge in [-0.25, -0.2) is 9.97 Å². The Bertz CT molecular complexity index is 2030. The summed E-state index contributed by atoms with van der Waals surface area (Å²) in [6.45, 7) is 4.12. The Kier molecular flexibility index (Phi) is 9.37. The van der Waals surface area contributed by atoms with E-state index in [0.29, 0.717) is 24.3 Å². The maximum Gasteiger partial charge on any atom is 0.262 e. The summed E-state index contributed by atoms with van der Waals surface area (Å²) >= 11 is 0. The first-order valence-corrected chi connectivity index (χ1v) is 18.3. The zero-order chi connectivity index (χ0) is 35.8. The molecular formula is C39H42N8O5. The molecule has 8 rings (SSSR count). The third-order valence-electron chi connectivity index (χ3n) is 11.2. The number of fused-ring (bicyclic) bond motifs is 2. The number of benzene rings is 2. The number of carbonyl (C=O) groups excluding carboxylic acids is 5. The van der Waals surface area contributed by atoms with Crippen LogP contribution in [0, 0.1) is 0 Å². The molecule has 13 nitrogen and oxygen atoms in total. The number of nitrogens with one attached hydrogen (secondary N) is 2. The van der Waals surface area contributed by atoms with Crippen molar-refractivity contribution in [1.82, 2.24) is 39.9 Å². The summed E-state index contributed by atoms with van der Waals surface area (Å²) in [6.07, 6.45) is 10.9. The van der Waals surface area contributed by atoms with Crippen molar-refractivity contribution in [3.8, 4) is 11.1 Å². The van der Waals surface area contributed by atoms with Crippen LogP contribution in [0.5, 0.6) is 0 Å². The molecule has 5 amide bonds. The van der Waals surface area contributed by atoms with Gasteiger partial charge in [0.2, 0.25) is 17.7 Å². The number of carbonyl (C=O) groups is 5. The minimum atomic E-state index is -1.02. The fraction of sp³-hybridized carbons (Fsp3) is 0.410. The first-order chi connectivity index (χ1) is 25.4. The predicted molar refractivity (Wildman–Crippen MR) is 192 cm³/mol. The first kappa shape index (κ1) is 33.9. The molecule has 268 valence electrons. The molecule has 3 fully saturated rings. The van der Waals surface area contributed by atoms with Gasteiger partial charge in [-0.15, -0.1) is 0 Å². The molecule has 0 radical (unpaired) electrons. The van der Waals surface area contributed by atoms with Crippen molar-refractivity contribution < 1.29 is 24.0 Å². The zero-order valence-corrected chi connectivity index (χ0v) is 29.0. The Morgan fingerprint density at radius 1 is 0.846 bits per heavy atom. The monoisotopic (exact) mass is 702 g/mol. The lowest BCUT2D eigenvalue weighted by Gasteiger charge is -2.42. The van der Waals surface area contributed by atoms with E-state index in [1.807, 2.05) is 12.3 Å². The standard InChI is InChI=1S/C39H42N8O5/c48-33(15-9-26-7-4-8-29-35(26)39(52)47(38(29)51)32-14-16-34(49)43-37(32)50)42-24-44-17-19-45(20-18-44)27-10-12-28(13-11-27)46-22-31(25-5-2-1-3-6-25)30-21-40-23-41-36(30)46/h1-8,21-23,27-28,32H,9-20,24H2,(H,42,48)(H,43,49,50). The van der Waals surface area contributed by atoms with Gasteiger partial charge in [-0.2, -0.15) is 0 Å². The highest BCUT2D eigenvalue weighted by Crippen LogP contribution is 2.37. The number of hydrogen-bond donors (Lipinski definition) is 2. The van der Waals surface area contributed by atoms with Crippen LogP contribution in [0.25, 0.3) is 22.2 Å². The fourth-order valence-electron chi connectivity index (χ4n) is 8.43. The highest BCUT2D eigenvalue weighted by atomic mass is 16.2. The van der Waals surface area contributed by atoms with E-state index in [-0.39, 0.29) is 42.7 Å². The Labute approximate surface area is 301 Å². The molecule has 13 heteroatoms. The summed E-state index contributed by atoms with van der Waals surface area (Å²) in [7, 11) is 0. The molecule has 2 saturated heterocycles. The topological polar surface area (TPSA) is 150 Å². The van der Waals surface area contributed by atoms with Gasteiger partial charge in [-0.1, -0.05) is 42.5 Å². The van der Waals surface area contributed by atoms with Gasteiger partial charge in [0, 0.05) is 74.4 Å². The second-order valence-corrected chi connectivity index (χ2v) is 14.2. The van der Waals surface area contributed by atoms with Gasteiger partial charge < -0.3 is 9.88 Å². The molecule has 4 aromatic rings. The van der Waals surface area contributed by atoms with Crippen LogP contribution in [0.4, 0.5) is 0 Å². The molecular weight excluding hydrogens is 660 g/mol. The van der Waals surface area contributed by atoms with Gasteiger partial charge in [-0.05, 0) is 55.7 Å². The van der Waals surface area contributed by atoms with Gasteiger partial charge in [0.15, 0.2) is 0 Å². The van der Waals surface area contributed by atoms with Crippen molar-refractivity contribution in [3.05, 3.63) is 83.9 Å². The number of imide groups is 2. The molecule has 52 heavy (non-hydrogen) atoms. The van der Waals surface area contributed by atoms with Crippen molar-refractivity contribution in [2.45, 2.75) is 69.5 Å². The predicted octanol–water partition coefficient (Wildman–Crippen LogP) is 3.31. The normalized spacial score (nSPS) is 22.8. The molecule has 2 N–H and O–H groups in total. The van der Waals surface area contributed by atoms with E-state index >= 15 is 0 Å². The van der Waals surface area contributed by atoms with Gasteiger partial charge in [0.05, 0.1) is 17.8 Å². The molecule has 1 atom stereocenters. The van der Waals surface area contributed by atoms with E-state index in [1.165, 1.54) is 11.1 Å². The lowest BCUT2D eigenvalue weighted by molar-refractivity contribution is -0.136. The average molecular weight is 703 g/mol. The van der Waals surface area contributed by atoms with Gasteiger partial charge in [-0.3, -0.25) is 44.0 Å². The highest BCUT2D eigenvalue weighted by Gasteiger charge is 2.45. The van der Waals surface area contributed by atoms with Crippen LogP contribution in [-0.2, 0) is 20.8 Å². The summed E-state index contributed by atoms with van der Waals surface area (Å²) in [5.74, 6) is -2.29. The second kappa shape index (κ2) is 14.4. The van der Waals surface area contributed by atoms with Gasteiger partial charge in [0.25, 0.3) is 11.8 Å². The molecule has 5 heterocycles. The summed E-state index contributed by atoms with van der Waals surface area (Å²) in [6, 6.07) is 15.4. The van der Waals surface area contributed by atoms with Crippen LogP contribution < -0.4 is 10.6 Å². The van der Waals surface area contributed by atoms with Gasteiger partial charge >= 0.3 is 0 Å². The van der Waals surface area contributed by atoms with E-state index in [4.69, 9.17) is 0 Å². The molecule has 3 aliphatic heterocycles. The molecule has 2 aromatic heterocycles. The summed E-state index contributed by atoms with van der Waals surface area (Å²) in [5.41, 5.74) is 4.42. The molecule has 2 aromatic carbocycles. The number of nitrogens with zero attached hydrogens (tertiary/aromatic N) is 6. The average Bonchev–Trinajstić information content (AvgIpc) is 3.69. The minimum absolute atomic E-state index is 0.0621. The van der Waals surface area contributed by atoms with E-state index in [2.05, 4.69) is 65.4 Å². The third-order valence-corrected chi connectivity index (χ3v) is 11.2. The van der Waals surface area contributed by atoms with E-state index in [0.717, 1.165) is 67.8 Å². The number of rotatable bonds is 9. The Morgan fingerprint density at radius 3 is 2.38 bits per heavy atom. The lowest BCUT2D eigenvalue weighted by atomic mass is 9.89. The summed E-state index contributed by atoms with van der Waals surface area (Å²) in [4.78, 5) is 78.3. The highest BCUT2D eigenvalue weighted by molar-refractivity contribution is 6.24. The van der Waals surface area contributed by atoms with Crippen LogP contribution in [0.3, 0.4) is 0 Å². The van der Waals surface area contributed by atoms with Crippen LogP contribution in [0.2, 0.25) is 0 Å². The number of amides is 5. The number of piperidine rings is 1. The molecule has 0 spiro atoms. The van der Waals surface area contributed by atoms with E-state index < -0.39 is 29.7 Å². The Hall–Kier alpha value is -5.27. The summed E-state index contributed by atoms with van der Waals surface area (Å²) < 4.78 is 2.37. The maximum absolute atomic E-state index is 13.4. The lowest BCUT2D eigenvalue weighted by Crippen LogP contribution is -2.54. The van der Waals surface area contributed by atoms with Crippen molar-refractivity contribution in [2.24, 2.45) is 0 Å². The summed E-state index contributed by atoms with van der Waals surface area (Å²) in [5, 5.41) is 6.34. The SMILES string of the molecule is O=C(CCc1cccc2c1C(=O)N(C1CCC(=O)NC1=O)C2=O)NCN1CCN(C2CCC(n3cc(-c4ccccc4)c4cncnc43)CC2)CC1. The minimum Gasteiger partial charge on any atom is -0.343 e. The molecule has 4 aliphatic rings. The van der Waals surface area contributed by atoms with Crippen molar-refractivity contribution >= 4 is 40.6 Å². The zero-order valence-electron chi connectivity index (χ0n) is 29.0. The van der Waals surface area contributed by atoms with E-state index in [9.17, 15) is 24.0 Å². The van der Waals surface area contributed by atoms with Gasteiger partial charge in [0.1, 0.15) is 18.0 Å². The number of aryl methyl sites for hydroxylation is 1. The fourth-order valence-corrected chi connectivity index (χ4v) is 8.43. The van der Waals surface area contributed by atoms with Crippen molar-refractivity contribution in [1.29, 1.82) is 0 Å². The van der Waals surface area contributed by atoms with Crippen LogP contribution in [0.15, 0.2) is 67.3 Å². The van der Waals surface area contributed by atoms with Crippen molar-refractivity contribution in [2.75, 3.05) is 32.8 Å². The Morgan fingerprint density at radius 2 is 1.62 bits per heavy atom. The maximum atomic E-state index is 13.4. The molecule has 1 saturated carbocycles. The second-order valence-electron chi connectivity index (χ2n) is 14.2. The van der Waals surface area contributed by atoms with Crippen LogP contribution >= 0.6 is 0 Å². The third kappa shape index (κ3) is 6.50. The number of piperazine rings is 1. The molecule has 0 bridgehead atoms. The molecule has 1 aliphatic carbocycles. The van der Waals surface area contributed by atoms with Crippen LogP contribution in [0.1, 0.15) is 77.3 Å². The molecule has 1 unspecified atom stereocenters. The Balaban J connectivity index is 0.799. The van der Waals surface area contributed by atoms with Crippen LogP contribution in [-0.4, -0.2) is 104 Å². The number of hydrogen-bond acceptors (Lipinski definition) is 9. The number of aromatic nitrogens is 3.